The van der Waals surface area contributed by atoms with Crippen LogP contribution in [0, 0.1) is 5.92 Å². The monoisotopic (exact) mass is 212 g/mol. The number of H-pyrrole nitrogens is 2. The van der Waals surface area contributed by atoms with Gasteiger partial charge in [-0.3, -0.25) is 9.78 Å². The Bertz CT molecular complexity index is 419. The first-order chi connectivity index (χ1) is 7.00. The van der Waals surface area contributed by atoms with E-state index in [1.807, 2.05) is 13.8 Å². The summed E-state index contributed by atoms with van der Waals surface area (Å²) in [5.41, 5.74) is -0.856. The van der Waals surface area contributed by atoms with Gasteiger partial charge in [0.25, 0.3) is 5.56 Å². The van der Waals surface area contributed by atoms with Gasteiger partial charge in [0.05, 0.1) is 11.7 Å². The number of aromatic amines is 2. The normalized spacial score (nSPS) is 13.1. The Balaban J connectivity index is 2.78. The van der Waals surface area contributed by atoms with E-state index in [0.717, 1.165) is 6.42 Å². The molecule has 0 fully saturated rings. The van der Waals surface area contributed by atoms with Crippen molar-refractivity contribution in [3.8, 4) is 0 Å². The van der Waals surface area contributed by atoms with Crippen molar-refractivity contribution in [2.75, 3.05) is 0 Å². The van der Waals surface area contributed by atoms with E-state index in [9.17, 15) is 14.7 Å². The van der Waals surface area contributed by atoms with Gasteiger partial charge >= 0.3 is 5.69 Å². The molecule has 1 rings (SSSR count). The average Bonchev–Trinajstić information content (AvgIpc) is 2.14. The number of aromatic nitrogens is 2. The van der Waals surface area contributed by atoms with E-state index < -0.39 is 17.4 Å². The van der Waals surface area contributed by atoms with Crippen LogP contribution in [0.25, 0.3) is 0 Å². The summed E-state index contributed by atoms with van der Waals surface area (Å²) in [6.45, 7) is 4.09. The molecule has 0 amide bonds. The lowest BCUT2D eigenvalue weighted by Gasteiger charge is -2.10. The zero-order chi connectivity index (χ0) is 11.4. The summed E-state index contributed by atoms with van der Waals surface area (Å²) in [6.07, 6.45) is 1.81. The van der Waals surface area contributed by atoms with Crippen molar-refractivity contribution in [3.63, 3.8) is 0 Å². The number of nitrogens with one attached hydrogen (secondary N) is 2. The highest BCUT2D eigenvalue weighted by atomic mass is 16.3. The fourth-order valence-corrected chi connectivity index (χ4v) is 1.31. The smallest absolute Gasteiger partial charge is 0.325 e. The molecule has 0 bridgehead atoms. The second kappa shape index (κ2) is 4.93. The van der Waals surface area contributed by atoms with Crippen molar-refractivity contribution in [1.82, 2.24) is 9.97 Å². The Morgan fingerprint density at radius 2 is 2.00 bits per heavy atom. The van der Waals surface area contributed by atoms with Gasteiger partial charge in [0.1, 0.15) is 0 Å². The van der Waals surface area contributed by atoms with Gasteiger partial charge in [0.2, 0.25) is 0 Å². The van der Waals surface area contributed by atoms with Crippen molar-refractivity contribution < 1.29 is 5.11 Å². The van der Waals surface area contributed by atoms with E-state index in [1.54, 1.807) is 0 Å². The predicted octanol–water partition coefficient (Wildman–Crippen LogP) is 0.533. The lowest BCUT2D eigenvalue weighted by atomic mass is 10.0. The first-order valence-corrected chi connectivity index (χ1v) is 5.00. The topological polar surface area (TPSA) is 85.9 Å². The maximum atomic E-state index is 11.3. The molecule has 5 heteroatoms. The molecule has 1 unspecified atom stereocenters. The van der Waals surface area contributed by atoms with Gasteiger partial charge in [0, 0.05) is 6.20 Å². The number of rotatable bonds is 4. The third-order valence-electron chi connectivity index (χ3n) is 2.22. The van der Waals surface area contributed by atoms with Crippen LogP contribution in [-0.2, 0) is 0 Å². The summed E-state index contributed by atoms with van der Waals surface area (Å²) in [6, 6.07) is 0. The number of hydrogen-bond acceptors (Lipinski definition) is 3. The lowest BCUT2D eigenvalue weighted by molar-refractivity contribution is 0.157. The largest absolute Gasteiger partial charge is 0.388 e. The Morgan fingerprint density at radius 3 is 2.53 bits per heavy atom. The zero-order valence-electron chi connectivity index (χ0n) is 8.91. The maximum Gasteiger partial charge on any atom is 0.325 e. The van der Waals surface area contributed by atoms with Crippen molar-refractivity contribution in [1.29, 1.82) is 0 Å². The number of aliphatic hydroxyl groups is 1. The van der Waals surface area contributed by atoms with Gasteiger partial charge in [-0.2, -0.15) is 0 Å². The first-order valence-electron chi connectivity index (χ1n) is 5.00. The van der Waals surface area contributed by atoms with Crippen LogP contribution in [0.2, 0.25) is 0 Å². The van der Waals surface area contributed by atoms with Gasteiger partial charge in [-0.05, 0) is 18.8 Å². The van der Waals surface area contributed by atoms with E-state index in [-0.39, 0.29) is 5.56 Å². The molecule has 5 nitrogen and oxygen atoms in total. The summed E-state index contributed by atoms with van der Waals surface area (Å²) >= 11 is 0. The van der Waals surface area contributed by atoms with Crippen molar-refractivity contribution in [2.24, 2.45) is 5.92 Å². The van der Waals surface area contributed by atoms with E-state index in [2.05, 4.69) is 9.97 Å². The van der Waals surface area contributed by atoms with Crippen LogP contribution in [-0.4, -0.2) is 15.1 Å². The van der Waals surface area contributed by atoms with Crippen LogP contribution in [0.4, 0.5) is 0 Å². The fourth-order valence-electron chi connectivity index (χ4n) is 1.31. The minimum absolute atomic E-state index is 0.218. The first kappa shape index (κ1) is 11.7. The number of aliphatic hydroxyl groups excluding tert-OH is 1. The highest BCUT2D eigenvalue weighted by molar-refractivity contribution is 5.06. The summed E-state index contributed by atoms with van der Waals surface area (Å²) < 4.78 is 0. The highest BCUT2D eigenvalue weighted by Gasteiger charge is 2.12. The standard InChI is InChI=1S/C10H16N2O3/c1-6(2)3-4-8(13)7-5-11-10(15)12-9(7)14/h5-6,8,13H,3-4H2,1-2H3,(H2,11,12,14,15). The average molecular weight is 212 g/mol. The Hall–Kier alpha value is -1.36. The molecule has 84 valence electrons. The molecule has 1 heterocycles. The Morgan fingerprint density at radius 1 is 1.33 bits per heavy atom. The fraction of sp³-hybridized carbons (Fsp3) is 0.600. The molecule has 0 saturated carbocycles. The van der Waals surface area contributed by atoms with Gasteiger partial charge in [-0.25, -0.2) is 4.79 Å². The van der Waals surface area contributed by atoms with Crippen LogP contribution in [0.5, 0.6) is 0 Å². The van der Waals surface area contributed by atoms with Gasteiger partial charge in [-0.15, -0.1) is 0 Å². The van der Waals surface area contributed by atoms with E-state index in [0.29, 0.717) is 12.3 Å². The van der Waals surface area contributed by atoms with Crippen molar-refractivity contribution >= 4 is 0 Å². The SMILES string of the molecule is CC(C)CCC(O)c1c[nH]c(=O)[nH]c1=O. The van der Waals surface area contributed by atoms with Crippen LogP contribution in [0.3, 0.4) is 0 Å². The van der Waals surface area contributed by atoms with Crippen LogP contribution in [0.1, 0.15) is 38.4 Å². The Labute approximate surface area is 87.2 Å². The van der Waals surface area contributed by atoms with E-state index in [1.165, 1.54) is 6.20 Å². The molecule has 1 aromatic heterocycles. The van der Waals surface area contributed by atoms with Crippen molar-refractivity contribution in [3.05, 3.63) is 32.6 Å². The highest BCUT2D eigenvalue weighted by Crippen LogP contribution is 2.16. The molecule has 3 N–H and O–H groups in total. The predicted molar refractivity (Wildman–Crippen MR) is 56.7 cm³/mol. The molecule has 15 heavy (non-hydrogen) atoms. The molecule has 0 aliphatic carbocycles. The Kier molecular flexibility index (Phi) is 3.85. The molecule has 0 spiro atoms. The summed E-state index contributed by atoms with van der Waals surface area (Å²) in [5.74, 6) is 0.474. The maximum absolute atomic E-state index is 11.3. The van der Waals surface area contributed by atoms with Crippen LogP contribution < -0.4 is 11.2 Å². The van der Waals surface area contributed by atoms with Gasteiger partial charge < -0.3 is 10.1 Å². The number of hydrogen-bond donors (Lipinski definition) is 3. The molecule has 1 atom stereocenters. The third kappa shape index (κ3) is 3.36. The molecule has 0 radical (unpaired) electrons. The summed E-state index contributed by atoms with van der Waals surface area (Å²) in [5, 5.41) is 9.70. The van der Waals surface area contributed by atoms with Crippen LogP contribution in [0.15, 0.2) is 15.8 Å². The van der Waals surface area contributed by atoms with E-state index >= 15 is 0 Å². The lowest BCUT2D eigenvalue weighted by Crippen LogP contribution is -2.26. The summed E-state index contributed by atoms with van der Waals surface area (Å²) in [4.78, 5) is 26.4. The zero-order valence-corrected chi connectivity index (χ0v) is 8.91. The quantitative estimate of drug-likeness (QED) is 0.680. The molecule has 0 aliphatic heterocycles. The van der Waals surface area contributed by atoms with Gasteiger partial charge in [0.15, 0.2) is 0 Å². The molecular formula is C10H16N2O3. The third-order valence-corrected chi connectivity index (χ3v) is 2.22. The molecular weight excluding hydrogens is 196 g/mol. The minimum Gasteiger partial charge on any atom is -0.388 e. The molecule has 1 aromatic rings. The molecule has 0 saturated heterocycles. The van der Waals surface area contributed by atoms with Crippen LogP contribution >= 0.6 is 0 Å². The van der Waals surface area contributed by atoms with Crippen molar-refractivity contribution in [2.45, 2.75) is 32.8 Å². The summed E-state index contributed by atoms with van der Waals surface area (Å²) in [7, 11) is 0. The second-order valence-corrected chi connectivity index (χ2v) is 4.01. The second-order valence-electron chi connectivity index (χ2n) is 4.01. The molecule has 0 aliphatic rings. The van der Waals surface area contributed by atoms with Gasteiger partial charge in [-0.1, -0.05) is 13.8 Å². The minimum atomic E-state index is -0.812. The van der Waals surface area contributed by atoms with E-state index in [4.69, 9.17) is 0 Å². The molecule has 0 aromatic carbocycles.